The number of methoxy groups -OCH3 is 1. The van der Waals surface area contributed by atoms with Crippen molar-refractivity contribution >= 4 is 17.1 Å². The van der Waals surface area contributed by atoms with Crippen molar-refractivity contribution in [1.29, 1.82) is 0 Å². The summed E-state index contributed by atoms with van der Waals surface area (Å²) >= 11 is 1.47. The van der Waals surface area contributed by atoms with Crippen LogP contribution in [-0.4, -0.2) is 26.1 Å². The second-order valence-electron chi connectivity index (χ2n) is 4.19. The van der Waals surface area contributed by atoms with Crippen molar-refractivity contribution in [3.63, 3.8) is 0 Å². The maximum Gasteiger partial charge on any atom is 0.188 e. The minimum absolute atomic E-state index is 0.138. The van der Waals surface area contributed by atoms with E-state index < -0.39 is 6.04 Å². The van der Waals surface area contributed by atoms with Gasteiger partial charge in [0.25, 0.3) is 0 Å². The highest BCUT2D eigenvalue weighted by Gasteiger charge is 2.21. The van der Waals surface area contributed by atoms with E-state index in [2.05, 4.69) is 0 Å². The maximum absolute atomic E-state index is 12.5. The third-order valence-corrected chi connectivity index (χ3v) is 3.79. The Kier molecular flexibility index (Phi) is 5.29. The highest BCUT2D eigenvalue weighted by molar-refractivity contribution is 7.10. The Labute approximate surface area is 122 Å². The van der Waals surface area contributed by atoms with Crippen LogP contribution in [0.4, 0.5) is 0 Å². The van der Waals surface area contributed by atoms with Crippen molar-refractivity contribution in [2.75, 3.05) is 20.3 Å². The molecule has 1 unspecified atom stereocenters. The Morgan fingerprint density at radius 1 is 1.25 bits per heavy atom. The second-order valence-corrected chi connectivity index (χ2v) is 5.17. The van der Waals surface area contributed by atoms with Gasteiger partial charge in [-0.25, -0.2) is 0 Å². The molecule has 1 heterocycles. The topological polar surface area (TPSA) is 61.5 Å². The summed E-state index contributed by atoms with van der Waals surface area (Å²) in [5, 5.41) is 1.91. The fourth-order valence-corrected chi connectivity index (χ4v) is 2.52. The van der Waals surface area contributed by atoms with E-state index in [0.717, 1.165) is 4.88 Å². The SMILES string of the molecule is COCCOc1ccccc1C(=O)C(N)c1cccs1. The van der Waals surface area contributed by atoms with Crippen LogP contribution in [0.2, 0.25) is 0 Å². The average Bonchev–Trinajstić information content (AvgIpc) is 3.01. The van der Waals surface area contributed by atoms with Gasteiger partial charge in [-0.2, -0.15) is 0 Å². The molecule has 0 fully saturated rings. The molecule has 5 heteroatoms. The molecule has 0 aliphatic heterocycles. The van der Waals surface area contributed by atoms with Crippen LogP contribution in [0.15, 0.2) is 41.8 Å². The first-order valence-corrected chi connectivity index (χ1v) is 7.16. The molecule has 2 aromatic rings. The van der Waals surface area contributed by atoms with E-state index in [1.54, 1.807) is 25.3 Å². The number of carbonyl (C=O) groups is 1. The summed E-state index contributed by atoms with van der Waals surface area (Å²) in [7, 11) is 1.60. The molecule has 0 bridgehead atoms. The monoisotopic (exact) mass is 291 g/mol. The summed E-state index contributed by atoms with van der Waals surface area (Å²) in [4.78, 5) is 13.3. The van der Waals surface area contributed by atoms with Gasteiger partial charge < -0.3 is 15.2 Å². The zero-order valence-corrected chi connectivity index (χ0v) is 12.1. The number of rotatable bonds is 7. The van der Waals surface area contributed by atoms with Gasteiger partial charge in [-0.1, -0.05) is 18.2 Å². The Bertz CT molecular complexity index is 554. The largest absolute Gasteiger partial charge is 0.490 e. The molecule has 0 saturated carbocycles. The van der Waals surface area contributed by atoms with Gasteiger partial charge in [0.2, 0.25) is 0 Å². The number of thiophene rings is 1. The van der Waals surface area contributed by atoms with Gasteiger partial charge in [-0.05, 0) is 23.6 Å². The first-order chi connectivity index (χ1) is 9.74. The molecule has 2 rings (SSSR count). The van der Waals surface area contributed by atoms with Crippen molar-refractivity contribution in [3.8, 4) is 5.75 Å². The molecule has 0 radical (unpaired) electrons. The third-order valence-electron chi connectivity index (χ3n) is 2.83. The molecule has 0 saturated heterocycles. The number of benzene rings is 1. The van der Waals surface area contributed by atoms with E-state index in [1.165, 1.54) is 11.3 Å². The first-order valence-electron chi connectivity index (χ1n) is 6.28. The van der Waals surface area contributed by atoms with Crippen molar-refractivity contribution in [2.24, 2.45) is 5.73 Å². The molecular weight excluding hydrogens is 274 g/mol. The molecule has 1 atom stereocenters. The van der Waals surface area contributed by atoms with Crippen LogP contribution < -0.4 is 10.5 Å². The molecule has 0 spiro atoms. The highest BCUT2D eigenvalue weighted by atomic mass is 32.1. The summed E-state index contributed by atoms with van der Waals surface area (Å²) in [6.07, 6.45) is 0. The number of ether oxygens (including phenoxy) is 2. The number of hydrogen-bond acceptors (Lipinski definition) is 5. The highest BCUT2D eigenvalue weighted by Crippen LogP contribution is 2.26. The van der Waals surface area contributed by atoms with E-state index in [4.69, 9.17) is 15.2 Å². The van der Waals surface area contributed by atoms with Crippen LogP contribution >= 0.6 is 11.3 Å². The van der Waals surface area contributed by atoms with E-state index in [1.807, 2.05) is 23.6 Å². The molecule has 1 aromatic heterocycles. The van der Waals surface area contributed by atoms with Crippen LogP contribution in [-0.2, 0) is 4.74 Å². The number of ketones is 1. The number of nitrogens with two attached hydrogens (primary N) is 1. The van der Waals surface area contributed by atoms with E-state index in [0.29, 0.717) is 24.5 Å². The lowest BCUT2D eigenvalue weighted by molar-refractivity contribution is 0.0955. The molecule has 4 nitrogen and oxygen atoms in total. The predicted molar refractivity (Wildman–Crippen MR) is 79.4 cm³/mol. The molecular formula is C15H17NO3S. The Morgan fingerprint density at radius 3 is 2.75 bits per heavy atom. The minimum Gasteiger partial charge on any atom is -0.490 e. The smallest absolute Gasteiger partial charge is 0.188 e. The zero-order valence-electron chi connectivity index (χ0n) is 11.2. The summed E-state index contributed by atoms with van der Waals surface area (Å²) in [6, 6.07) is 10.2. The fourth-order valence-electron chi connectivity index (χ4n) is 1.80. The van der Waals surface area contributed by atoms with Gasteiger partial charge in [0, 0.05) is 12.0 Å². The Morgan fingerprint density at radius 2 is 2.05 bits per heavy atom. The van der Waals surface area contributed by atoms with Gasteiger partial charge in [0.1, 0.15) is 18.4 Å². The summed E-state index contributed by atoms with van der Waals surface area (Å²) in [5.74, 6) is 0.405. The minimum atomic E-state index is -0.651. The number of para-hydroxylation sites is 1. The first kappa shape index (κ1) is 14.7. The Hall–Kier alpha value is -1.69. The van der Waals surface area contributed by atoms with Crippen LogP contribution in [0.5, 0.6) is 5.75 Å². The summed E-state index contributed by atoms with van der Waals surface area (Å²) in [5.41, 5.74) is 6.52. The standard InChI is InChI=1S/C15H17NO3S/c1-18-8-9-19-12-6-3-2-5-11(12)15(17)14(16)13-7-4-10-20-13/h2-7,10,14H,8-9,16H2,1H3. The molecule has 0 aliphatic rings. The van der Waals surface area contributed by atoms with Gasteiger partial charge >= 0.3 is 0 Å². The second kappa shape index (κ2) is 7.19. The molecule has 106 valence electrons. The summed E-state index contributed by atoms with van der Waals surface area (Å²) in [6.45, 7) is 0.870. The van der Waals surface area contributed by atoms with E-state index >= 15 is 0 Å². The van der Waals surface area contributed by atoms with Crippen LogP contribution in [0.3, 0.4) is 0 Å². The molecule has 0 amide bonds. The van der Waals surface area contributed by atoms with Crippen molar-refractivity contribution in [3.05, 3.63) is 52.2 Å². The molecule has 1 aromatic carbocycles. The number of hydrogen-bond donors (Lipinski definition) is 1. The number of Topliss-reactive ketones (excluding diaryl/α,β-unsaturated/α-hetero) is 1. The maximum atomic E-state index is 12.5. The van der Waals surface area contributed by atoms with Gasteiger partial charge in [-0.15, -0.1) is 11.3 Å². The van der Waals surface area contributed by atoms with Crippen molar-refractivity contribution in [2.45, 2.75) is 6.04 Å². The quantitative estimate of drug-likeness (QED) is 0.629. The Balaban J connectivity index is 2.17. The lowest BCUT2D eigenvalue weighted by Crippen LogP contribution is -2.21. The van der Waals surface area contributed by atoms with Gasteiger partial charge in [0.05, 0.1) is 12.2 Å². The normalized spacial score (nSPS) is 12.1. The summed E-state index contributed by atoms with van der Waals surface area (Å²) < 4.78 is 10.5. The molecule has 20 heavy (non-hydrogen) atoms. The fraction of sp³-hybridized carbons (Fsp3) is 0.267. The van der Waals surface area contributed by atoms with Crippen LogP contribution in [0, 0.1) is 0 Å². The van der Waals surface area contributed by atoms with E-state index in [9.17, 15) is 4.79 Å². The third kappa shape index (κ3) is 3.45. The zero-order chi connectivity index (χ0) is 14.4. The molecule has 0 aliphatic carbocycles. The van der Waals surface area contributed by atoms with Crippen LogP contribution in [0.1, 0.15) is 21.3 Å². The van der Waals surface area contributed by atoms with Gasteiger partial charge in [-0.3, -0.25) is 4.79 Å². The van der Waals surface area contributed by atoms with Crippen molar-refractivity contribution < 1.29 is 14.3 Å². The predicted octanol–water partition coefficient (Wildman–Crippen LogP) is 2.66. The number of carbonyl (C=O) groups excluding carboxylic acids is 1. The molecule has 2 N–H and O–H groups in total. The van der Waals surface area contributed by atoms with Crippen molar-refractivity contribution in [1.82, 2.24) is 0 Å². The lowest BCUT2D eigenvalue weighted by Gasteiger charge is -2.13. The van der Waals surface area contributed by atoms with Crippen LogP contribution in [0.25, 0.3) is 0 Å². The average molecular weight is 291 g/mol. The lowest BCUT2D eigenvalue weighted by atomic mass is 10.0. The van der Waals surface area contributed by atoms with E-state index in [-0.39, 0.29) is 5.78 Å². The van der Waals surface area contributed by atoms with Gasteiger partial charge in [0.15, 0.2) is 5.78 Å².